The van der Waals surface area contributed by atoms with Crippen molar-refractivity contribution in [2.45, 2.75) is 63.3 Å². The molecule has 2 saturated carbocycles. The van der Waals surface area contributed by atoms with Gasteiger partial charge in [0.15, 0.2) is 0 Å². The summed E-state index contributed by atoms with van der Waals surface area (Å²) >= 11 is 0. The predicted molar refractivity (Wildman–Crippen MR) is 172 cm³/mol. The Kier molecular flexibility index (Phi) is 8.38. The number of aryl methyl sites for hydroxylation is 1. The number of carbonyl (C=O) groups excluding carboxylic acids is 2. The van der Waals surface area contributed by atoms with Crippen LogP contribution in [0.5, 0.6) is 5.88 Å². The highest BCUT2D eigenvalue weighted by molar-refractivity contribution is 6.06. The molecule has 0 aliphatic heterocycles. The molecule has 2 aliphatic carbocycles. The molecule has 10 heteroatoms. The summed E-state index contributed by atoms with van der Waals surface area (Å²) in [7, 11) is 2.03. The van der Waals surface area contributed by atoms with E-state index in [-0.39, 0.29) is 23.5 Å². The van der Waals surface area contributed by atoms with Crippen LogP contribution >= 0.6 is 0 Å². The maximum Gasteiger partial charge on any atom is 0.328 e. The van der Waals surface area contributed by atoms with Crippen molar-refractivity contribution in [3.8, 4) is 17.3 Å². The number of pyridine rings is 2. The lowest BCUT2D eigenvalue weighted by atomic mass is 9.75. The summed E-state index contributed by atoms with van der Waals surface area (Å²) in [5.41, 5.74) is 4.16. The number of carbonyl (C=O) groups is 3. The van der Waals surface area contributed by atoms with Gasteiger partial charge < -0.3 is 25.0 Å². The Morgan fingerprint density at radius 2 is 1.89 bits per heavy atom. The van der Waals surface area contributed by atoms with Crippen LogP contribution in [-0.4, -0.2) is 49.6 Å². The number of carboxylic acids is 1. The largest absolute Gasteiger partial charge is 0.478 e. The molecule has 1 aromatic carbocycles. The zero-order valence-corrected chi connectivity index (χ0v) is 25.5. The number of rotatable bonds is 10. The van der Waals surface area contributed by atoms with Gasteiger partial charge in [-0.05, 0) is 93.0 Å². The van der Waals surface area contributed by atoms with Crippen molar-refractivity contribution in [3.05, 3.63) is 77.5 Å². The number of hydrogen-bond donors (Lipinski definition) is 3. The molecule has 0 atom stereocenters. The van der Waals surface area contributed by atoms with Gasteiger partial charge in [-0.3, -0.25) is 14.6 Å². The highest BCUT2D eigenvalue weighted by Crippen LogP contribution is 2.44. The zero-order valence-electron chi connectivity index (χ0n) is 25.5. The number of amides is 2. The lowest BCUT2D eigenvalue weighted by Gasteiger charge is -2.40. The Morgan fingerprint density at radius 1 is 1.09 bits per heavy atom. The van der Waals surface area contributed by atoms with E-state index in [9.17, 15) is 14.4 Å². The molecule has 3 heterocycles. The van der Waals surface area contributed by atoms with Gasteiger partial charge in [0.25, 0.3) is 11.8 Å². The maximum atomic E-state index is 13.7. The molecule has 4 aromatic rings. The van der Waals surface area contributed by atoms with Crippen LogP contribution in [0.3, 0.4) is 0 Å². The van der Waals surface area contributed by atoms with Gasteiger partial charge in [-0.1, -0.05) is 25.0 Å². The van der Waals surface area contributed by atoms with Gasteiger partial charge in [-0.15, -0.1) is 0 Å². The Balaban J connectivity index is 1.26. The molecule has 2 fully saturated rings. The van der Waals surface area contributed by atoms with Crippen LogP contribution in [0.15, 0.2) is 60.8 Å². The van der Waals surface area contributed by atoms with Crippen LogP contribution in [0.2, 0.25) is 0 Å². The summed E-state index contributed by atoms with van der Waals surface area (Å²) < 4.78 is 7.72. The summed E-state index contributed by atoms with van der Waals surface area (Å²) in [6.45, 7) is 2.10. The summed E-state index contributed by atoms with van der Waals surface area (Å²) in [5.74, 6) is -0.850. The highest BCUT2D eigenvalue weighted by atomic mass is 16.5. The summed E-state index contributed by atoms with van der Waals surface area (Å²) in [5, 5.41) is 16.0. The predicted octanol–water partition coefficient (Wildman–Crippen LogP) is 6.08. The van der Waals surface area contributed by atoms with E-state index in [2.05, 4.69) is 25.2 Å². The van der Waals surface area contributed by atoms with Gasteiger partial charge in [0.1, 0.15) is 11.4 Å². The lowest BCUT2D eigenvalue weighted by Crippen LogP contribution is -2.61. The Morgan fingerprint density at radius 3 is 2.56 bits per heavy atom. The van der Waals surface area contributed by atoms with E-state index in [1.807, 2.05) is 49.6 Å². The number of anilines is 1. The Bertz CT molecular complexity index is 1790. The third-order valence-electron chi connectivity index (χ3n) is 8.99. The van der Waals surface area contributed by atoms with Crippen LogP contribution in [0.4, 0.5) is 5.82 Å². The monoisotopic (exact) mass is 607 g/mol. The van der Waals surface area contributed by atoms with E-state index in [0.29, 0.717) is 36.5 Å². The van der Waals surface area contributed by atoms with Gasteiger partial charge in [0.2, 0.25) is 5.88 Å². The average molecular weight is 608 g/mol. The highest BCUT2D eigenvalue weighted by Gasteiger charge is 2.46. The molecule has 3 N–H and O–H groups in total. The SMILES string of the molecule is CCOc1nc(NC(=O)C2(NC(=O)c3ccc4c(C5CCCC5)c(-c5ccccn5)n(C)c4c3)CCC2)ccc1/C=C/C(=O)O. The average Bonchev–Trinajstić information content (AvgIpc) is 3.65. The first-order valence-electron chi connectivity index (χ1n) is 15.5. The fourth-order valence-electron chi connectivity index (χ4n) is 6.57. The normalized spacial score (nSPS) is 16.0. The second-order valence-corrected chi connectivity index (χ2v) is 11.8. The molecule has 0 bridgehead atoms. The number of benzene rings is 1. The van der Waals surface area contributed by atoms with Crippen LogP contribution in [-0.2, 0) is 16.6 Å². The summed E-state index contributed by atoms with van der Waals surface area (Å²) in [6, 6.07) is 15.0. The molecule has 0 spiro atoms. The smallest absolute Gasteiger partial charge is 0.328 e. The van der Waals surface area contributed by atoms with Gasteiger partial charge in [0, 0.05) is 41.4 Å². The first-order valence-corrected chi connectivity index (χ1v) is 15.5. The second-order valence-electron chi connectivity index (χ2n) is 11.8. The molecular formula is C35H37N5O5. The van der Waals surface area contributed by atoms with Gasteiger partial charge >= 0.3 is 5.97 Å². The van der Waals surface area contributed by atoms with Crippen LogP contribution < -0.4 is 15.4 Å². The molecule has 0 unspecified atom stereocenters. The molecule has 2 amide bonds. The van der Waals surface area contributed by atoms with Gasteiger partial charge in [-0.2, -0.15) is 4.98 Å². The van der Waals surface area contributed by atoms with Crippen molar-refractivity contribution in [1.29, 1.82) is 0 Å². The number of carboxylic acid groups (broad SMARTS) is 1. The number of nitrogens with zero attached hydrogens (tertiary/aromatic N) is 3. The topological polar surface area (TPSA) is 135 Å². The number of aliphatic carboxylic acids is 1. The fourth-order valence-corrected chi connectivity index (χ4v) is 6.57. The third kappa shape index (κ3) is 5.92. The minimum Gasteiger partial charge on any atom is -0.478 e. The first kappa shape index (κ1) is 30.1. The number of ether oxygens (including phenoxy) is 1. The fraction of sp³-hybridized carbons (Fsp3) is 0.343. The van der Waals surface area contributed by atoms with Crippen molar-refractivity contribution in [2.75, 3.05) is 11.9 Å². The van der Waals surface area contributed by atoms with Crippen molar-refractivity contribution in [1.82, 2.24) is 19.9 Å². The van der Waals surface area contributed by atoms with Crippen molar-refractivity contribution in [3.63, 3.8) is 0 Å². The minimum atomic E-state index is -1.09. The van der Waals surface area contributed by atoms with E-state index in [4.69, 9.17) is 9.84 Å². The van der Waals surface area contributed by atoms with E-state index in [0.717, 1.165) is 47.6 Å². The van der Waals surface area contributed by atoms with Gasteiger partial charge in [-0.25, -0.2) is 4.79 Å². The van der Waals surface area contributed by atoms with Crippen molar-refractivity contribution >= 4 is 40.6 Å². The molecule has 10 nitrogen and oxygen atoms in total. The van der Waals surface area contributed by atoms with E-state index in [1.165, 1.54) is 24.5 Å². The molecule has 232 valence electrons. The molecule has 0 saturated heterocycles. The van der Waals surface area contributed by atoms with Crippen molar-refractivity contribution in [2.24, 2.45) is 7.05 Å². The number of aromatic nitrogens is 3. The number of hydrogen-bond acceptors (Lipinski definition) is 6. The van der Waals surface area contributed by atoms with E-state index in [1.54, 1.807) is 19.1 Å². The molecule has 0 radical (unpaired) electrons. The lowest BCUT2D eigenvalue weighted by molar-refractivity contribution is -0.131. The van der Waals surface area contributed by atoms with Crippen molar-refractivity contribution < 1.29 is 24.2 Å². The Labute approximate surface area is 261 Å². The molecule has 3 aromatic heterocycles. The van der Waals surface area contributed by atoms with Gasteiger partial charge in [0.05, 0.1) is 18.0 Å². The van der Waals surface area contributed by atoms with Crippen LogP contribution in [0.1, 0.15) is 79.3 Å². The first-order chi connectivity index (χ1) is 21.8. The molecule has 2 aliphatic rings. The summed E-state index contributed by atoms with van der Waals surface area (Å²) in [4.78, 5) is 47.3. The molecular weight excluding hydrogens is 570 g/mol. The van der Waals surface area contributed by atoms with Crippen LogP contribution in [0.25, 0.3) is 28.4 Å². The van der Waals surface area contributed by atoms with Crippen LogP contribution in [0, 0.1) is 0 Å². The number of nitrogens with one attached hydrogen (secondary N) is 2. The third-order valence-corrected chi connectivity index (χ3v) is 8.99. The quantitative estimate of drug-likeness (QED) is 0.186. The zero-order chi connectivity index (χ0) is 31.6. The summed E-state index contributed by atoms with van der Waals surface area (Å²) in [6.07, 6.45) is 10.7. The standard InChI is InChI=1S/C35H37N5O5/c1-3-45-33-23(14-17-29(41)42)13-16-28(37-33)38-34(44)35(18-8-19-35)39-32(43)24-12-15-25-27(21-24)40(2)31(26-11-6-7-20-36-26)30(25)22-9-4-5-10-22/h6-7,11-17,20-22H,3-5,8-10,18-19H2,1-2H3,(H,39,43)(H,41,42)(H,37,38,44)/b17-14+. The maximum absolute atomic E-state index is 13.7. The Hall–Kier alpha value is -4.99. The molecule has 6 rings (SSSR count). The second kappa shape index (κ2) is 12.6. The molecule has 45 heavy (non-hydrogen) atoms. The van der Waals surface area contributed by atoms with E-state index < -0.39 is 11.5 Å². The number of fused-ring (bicyclic) bond motifs is 1. The minimum absolute atomic E-state index is 0.206. The van der Waals surface area contributed by atoms with E-state index >= 15 is 0 Å².